The lowest BCUT2D eigenvalue weighted by Crippen LogP contribution is -2.62. The summed E-state index contributed by atoms with van der Waals surface area (Å²) in [5.74, 6) is -0.512. The number of fused-ring (bicyclic) bond motifs is 1. The summed E-state index contributed by atoms with van der Waals surface area (Å²) in [5, 5.41) is 0. The lowest BCUT2D eigenvalue weighted by Gasteiger charge is -2.41. The Morgan fingerprint density at radius 3 is 2.57 bits per heavy atom. The van der Waals surface area contributed by atoms with Gasteiger partial charge in [-0.2, -0.15) is 0 Å². The summed E-state index contributed by atoms with van der Waals surface area (Å²) >= 11 is 0. The molecular weight excluding hydrogens is 300 g/mol. The summed E-state index contributed by atoms with van der Waals surface area (Å²) in [6.07, 6.45) is 2.53. The molecule has 2 aromatic rings. The quantitative estimate of drug-likeness (QED) is 0.798. The van der Waals surface area contributed by atoms with Crippen LogP contribution in [-0.2, 0) is 9.53 Å². The first kappa shape index (κ1) is 13.6. The molecule has 0 aliphatic carbocycles. The number of carbonyl (C=O) groups is 3. The highest BCUT2D eigenvalue weighted by molar-refractivity contribution is 6.00. The number of hydrogen-bond donors (Lipinski definition) is 0. The van der Waals surface area contributed by atoms with Crippen LogP contribution < -0.4 is 0 Å². The normalized spacial score (nSPS) is 18.3. The number of aromatic nitrogens is 2. The van der Waals surface area contributed by atoms with Gasteiger partial charge in [0.15, 0.2) is 6.61 Å². The number of cyclic esters (lactones) is 1. The predicted molar refractivity (Wildman–Crippen MR) is 77.4 cm³/mol. The zero-order valence-corrected chi connectivity index (χ0v) is 12.0. The molecule has 0 N–H and O–H groups in total. The molecule has 0 bridgehead atoms. The molecule has 3 heterocycles. The molecule has 116 valence electrons. The van der Waals surface area contributed by atoms with E-state index in [0.29, 0.717) is 24.2 Å². The Balaban J connectivity index is 1.48. The molecule has 1 aromatic carbocycles. The van der Waals surface area contributed by atoms with Gasteiger partial charge >= 0.3 is 6.09 Å². The summed E-state index contributed by atoms with van der Waals surface area (Å²) in [6, 6.07) is 4.82. The van der Waals surface area contributed by atoms with E-state index in [0.717, 1.165) is 10.4 Å². The van der Waals surface area contributed by atoms with Crippen molar-refractivity contribution in [2.45, 2.75) is 6.04 Å². The van der Waals surface area contributed by atoms with Gasteiger partial charge in [0.25, 0.3) is 11.8 Å². The molecule has 2 aliphatic rings. The Kier molecular flexibility index (Phi) is 2.97. The topological polar surface area (TPSA) is 92.7 Å². The van der Waals surface area contributed by atoms with Gasteiger partial charge in [0.1, 0.15) is 0 Å². The molecule has 1 aromatic heterocycles. The average molecular weight is 312 g/mol. The highest BCUT2D eigenvalue weighted by atomic mass is 16.6. The van der Waals surface area contributed by atoms with E-state index in [1.165, 1.54) is 0 Å². The lowest BCUT2D eigenvalue weighted by molar-refractivity contribution is -0.129. The van der Waals surface area contributed by atoms with E-state index in [1.54, 1.807) is 35.5 Å². The van der Waals surface area contributed by atoms with Crippen molar-refractivity contribution in [1.82, 2.24) is 19.8 Å². The summed E-state index contributed by atoms with van der Waals surface area (Å²) in [4.78, 5) is 46.5. The van der Waals surface area contributed by atoms with E-state index in [9.17, 15) is 14.4 Å². The van der Waals surface area contributed by atoms with Gasteiger partial charge < -0.3 is 9.64 Å². The van der Waals surface area contributed by atoms with Crippen molar-refractivity contribution < 1.29 is 19.1 Å². The smallest absolute Gasteiger partial charge is 0.417 e. The molecule has 0 radical (unpaired) electrons. The van der Waals surface area contributed by atoms with E-state index >= 15 is 0 Å². The number of ether oxygens (including phenoxy) is 1. The van der Waals surface area contributed by atoms with Crippen LogP contribution in [0.2, 0.25) is 0 Å². The fourth-order valence-corrected chi connectivity index (χ4v) is 2.78. The highest BCUT2D eigenvalue weighted by Gasteiger charge is 2.44. The molecule has 2 aliphatic heterocycles. The molecule has 2 fully saturated rings. The maximum absolute atomic E-state index is 12.5. The largest absolute Gasteiger partial charge is 0.439 e. The monoisotopic (exact) mass is 312 g/mol. The van der Waals surface area contributed by atoms with Crippen LogP contribution in [0.15, 0.2) is 30.6 Å². The first-order valence-electron chi connectivity index (χ1n) is 7.12. The SMILES string of the molecule is O=C(c1ccc2nccnc2c1)N1CC(N2C(=O)COC2=O)C1. The number of likely N-dealkylation sites (tertiary alicyclic amines) is 1. The standard InChI is InChI=1S/C15H12N4O4/c20-13-8-23-15(22)19(13)10-6-18(7-10)14(21)9-1-2-11-12(5-9)17-4-3-16-11/h1-5,10H,6-8H2. The van der Waals surface area contributed by atoms with Crippen LogP contribution in [-0.4, -0.2) is 63.4 Å². The summed E-state index contributed by atoms with van der Waals surface area (Å²) in [6.45, 7) is 0.420. The van der Waals surface area contributed by atoms with Gasteiger partial charge in [0, 0.05) is 31.0 Å². The predicted octanol–water partition coefficient (Wildman–Crippen LogP) is 0.433. The molecule has 23 heavy (non-hydrogen) atoms. The van der Waals surface area contributed by atoms with Crippen LogP contribution in [0.25, 0.3) is 11.0 Å². The minimum absolute atomic E-state index is 0.159. The molecule has 2 saturated heterocycles. The van der Waals surface area contributed by atoms with Crippen LogP contribution in [0.5, 0.6) is 0 Å². The van der Waals surface area contributed by atoms with Crippen molar-refractivity contribution in [2.24, 2.45) is 0 Å². The van der Waals surface area contributed by atoms with Gasteiger partial charge in [-0.15, -0.1) is 0 Å². The molecule has 8 nitrogen and oxygen atoms in total. The first-order valence-corrected chi connectivity index (χ1v) is 7.12. The molecule has 0 unspecified atom stereocenters. The molecule has 8 heteroatoms. The number of amides is 3. The molecule has 0 spiro atoms. The third kappa shape index (κ3) is 2.19. The van der Waals surface area contributed by atoms with E-state index < -0.39 is 6.09 Å². The van der Waals surface area contributed by atoms with Gasteiger partial charge in [-0.05, 0) is 18.2 Å². The van der Waals surface area contributed by atoms with Gasteiger partial charge in [-0.1, -0.05) is 0 Å². The minimum Gasteiger partial charge on any atom is -0.439 e. The molecule has 0 atom stereocenters. The second kappa shape index (κ2) is 5.01. The van der Waals surface area contributed by atoms with Gasteiger partial charge in [-0.3, -0.25) is 19.6 Å². The number of carbonyl (C=O) groups excluding carboxylic acids is 3. The number of benzene rings is 1. The molecule has 0 saturated carbocycles. The summed E-state index contributed by atoms with van der Waals surface area (Å²) < 4.78 is 4.68. The maximum Gasteiger partial charge on any atom is 0.417 e. The minimum atomic E-state index is -0.631. The van der Waals surface area contributed by atoms with Crippen molar-refractivity contribution in [3.63, 3.8) is 0 Å². The van der Waals surface area contributed by atoms with Gasteiger partial charge in [0.05, 0.1) is 17.1 Å². The zero-order chi connectivity index (χ0) is 16.0. The number of hydrogen-bond acceptors (Lipinski definition) is 6. The third-order valence-electron chi connectivity index (χ3n) is 4.02. The molecule has 3 amide bonds. The molecule has 4 rings (SSSR count). The Labute approximate surface area is 130 Å². The van der Waals surface area contributed by atoms with Crippen LogP contribution in [0.3, 0.4) is 0 Å². The maximum atomic E-state index is 12.5. The van der Waals surface area contributed by atoms with Crippen LogP contribution in [0, 0.1) is 0 Å². The van der Waals surface area contributed by atoms with Crippen molar-refractivity contribution in [3.8, 4) is 0 Å². The first-order chi connectivity index (χ1) is 11.1. The Hall–Kier alpha value is -3.03. The summed E-state index contributed by atoms with van der Waals surface area (Å²) in [5.41, 5.74) is 1.87. The van der Waals surface area contributed by atoms with Gasteiger partial charge in [0.2, 0.25) is 0 Å². The van der Waals surface area contributed by atoms with E-state index in [4.69, 9.17) is 0 Å². The average Bonchev–Trinajstić information content (AvgIpc) is 2.85. The van der Waals surface area contributed by atoms with E-state index in [1.807, 2.05) is 0 Å². The van der Waals surface area contributed by atoms with Crippen LogP contribution in [0.1, 0.15) is 10.4 Å². The number of nitrogens with zero attached hydrogens (tertiary/aromatic N) is 4. The number of imide groups is 1. The summed E-state index contributed by atoms with van der Waals surface area (Å²) in [7, 11) is 0. The Morgan fingerprint density at radius 1 is 1.13 bits per heavy atom. The number of rotatable bonds is 2. The Morgan fingerprint density at radius 2 is 1.87 bits per heavy atom. The fraction of sp³-hybridized carbons (Fsp3) is 0.267. The van der Waals surface area contributed by atoms with Crippen molar-refractivity contribution in [2.75, 3.05) is 19.7 Å². The van der Waals surface area contributed by atoms with E-state index in [2.05, 4.69) is 14.7 Å². The molecular formula is C15H12N4O4. The van der Waals surface area contributed by atoms with Crippen molar-refractivity contribution in [3.05, 3.63) is 36.2 Å². The van der Waals surface area contributed by atoms with Crippen LogP contribution in [0.4, 0.5) is 4.79 Å². The van der Waals surface area contributed by atoms with Crippen LogP contribution >= 0.6 is 0 Å². The lowest BCUT2D eigenvalue weighted by atomic mass is 10.0. The van der Waals surface area contributed by atoms with E-state index in [-0.39, 0.29) is 24.5 Å². The van der Waals surface area contributed by atoms with Crippen molar-refractivity contribution >= 4 is 28.9 Å². The van der Waals surface area contributed by atoms with Crippen molar-refractivity contribution in [1.29, 1.82) is 0 Å². The fourth-order valence-electron chi connectivity index (χ4n) is 2.78. The zero-order valence-electron chi connectivity index (χ0n) is 12.0. The second-order valence-electron chi connectivity index (χ2n) is 5.44. The highest BCUT2D eigenvalue weighted by Crippen LogP contribution is 2.22. The second-order valence-corrected chi connectivity index (χ2v) is 5.44. The third-order valence-corrected chi connectivity index (χ3v) is 4.02. The Bertz CT molecular complexity index is 815. The van der Waals surface area contributed by atoms with Gasteiger partial charge in [-0.25, -0.2) is 9.69 Å².